The van der Waals surface area contributed by atoms with Crippen LogP contribution in [0.3, 0.4) is 0 Å². The van der Waals surface area contributed by atoms with E-state index in [0.29, 0.717) is 6.04 Å². The van der Waals surface area contributed by atoms with Crippen molar-refractivity contribution in [2.45, 2.75) is 76.1 Å². The van der Waals surface area contributed by atoms with Gasteiger partial charge < -0.3 is 15.4 Å². The van der Waals surface area contributed by atoms with Crippen LogP contribution in [0.25, 0.3) is 0 Å². The number of likely N-dealkylation sites (tertiary alicyclic amines) is 1. The molecule has 5 nitrogen and oxygen atoms in total. The predicted molar refractivity (Wildman–Crippen MR) is 111 cm³/mol. The van der Waals surface area contributed by atoms with E-state index in [-0.39, 0.29) is 17.7 Å². The molecule has 0 aromatic heterocycles. The molecule has 1 aliphatic heterocycles. The molecule has 0 bridgehead atoms. The number of hydrogen-bond acceptors (Lipinski definition) is 4. The van der Waals surface area contributed by atoms with E-state index in [4.69, 9.17) is 10.5 Å². The maximum atomic E-state index is 12.3. The number of hydrogen-bond donors (Lipinski definition) is 1. The molecule has 2 aliphatic carbocycles. The van der Waals surface area contributed by atoms with E-state index >= 15 is 0 Å². The zero-order valence-electron chi connectivity index (χ0n) is 17.8. The Hall–Kier alpha value is -1.59. The van der Waals surface area contributed by atoms with Gasteiger partial charge in [0.05, 0.1) is 6.04 Å². The van der Waals surface area contributed by atoms with Crippen molar-refractivity contribution >= 4 is 6.09 Å². The third kappa shape index (κ3) is 4.36. The molecule has 1 unspecified atom stereocenters. The van der Waals surface area contributed by atoms with Crippen LogP contribution >= 0.6 is 0 Å². The molecule has 4 rings (SSSR count). The standard InChI is InChI=1S/C23H35N3O2/c1-22(2,3)28-21(27)25(4)19-14-26(15-19)20(13-16-5-6-16)17-7-9-18(10-8-17)23(24)11-12-23/h7-10,16,19-20H,5-6,11-15,24H2,1-4H3. The molecule has 1 atom stereocenters. The second-order valence-corrected chi connectivity index (χ2v) is 10.2. The first-order valence-corrected chi connectivity index (χ1v) is 10.7. The van der Waals surface area contributed by atoms with Crippen LogP contribution in [0.15, 0.2) is 24.3 Å². The molecule has 1 aromatic carbocycles. The van der Waals surface area contributed by atoms with Gasteiger partial charge >= 0.3 is 6.09 Å². The Kier molecular flexibility index (Phi) is 4.95. The minimum atomic E-state index is -0.451. The van der Waals surface area contributed by atoms with Gasteiger partial charge in [-0.2, -0.15) is 0 Å². The fourth-order valence-electron chi connectivity index (χ4n) is 4.10. The van der Waals surface area contributed by atoms with Crippen LogP contribution in [0, 0.1) is 5.92 Å². The number of likely N-dealkylation sites (N-methyl/N-ethyl adjacent to an activating group) is 1. The second kappa shape index (κ2) is 7.03. The Balaban J connectivity index is 1.38. The highest BCUT2D eigenvalue weighted by Gasteiger charge is 2.42. The second-order valence-electron chi connectivity index (χ2n) is 10.2. The Morgan fingerprint density at radius 3 is 2.36 bits per heavy atom. The number of ether oxygens (including phenoxy) is 1. The fourth-order valence-corrected chi connectivity index (χ4v) is 4.10. The van der Waals surface area contributed by atoms with Crippen LogP contribution in [-0.2, 0) is 10.3 Å². The molecule has 1 saturated heterocycles. The summed E-state index contributed by atoms with van der Waals surface area (Å²) >= 11 is 0. The number of carbonyl (C=O) groups excluding carboxylic acids is 1. The van der Waals surface area contributed by atoms with Gasteiger partial charge in [-0.25, -0.2) is 4.79 Å². The Labute approximate surface area is 169 Å². The highest BCUT2D eigenvalue weighted by Crippen LogP contribution is 2.45. The number of nitrogens with two attached hydrogens (primary N) is 1. The molecule has 3 aliphatic rings. The van der Waals surface area contributed by atoms with Crippen molar-refractivity contribution in [3.8, 4) is 0 Å². The lowest BCUT2D eigenvalue weighted by Gasteiger charge is -2.48. The SMILES string of the molecule is CN(C(=O)OC(C)(C)C)C1CN(C(CC2CC2)c2ccc(C3(N)CC3)cc2)C1. The van der Waals surface area contributed by atoms with Crippen LogP contribution in [-0.4, -0.2) is 47.7 Å². The van der Waals surface area contributed by atoms with Gasteiger partial charge in [-0.15, -0.1) is 0 Å². The van der Waals surface area contributed by atoms with Crippen LogP contribution in [0.4, 0.5) is 4.79 Å². The van der Waals surface area contributed by atoms with Crippen molar-refractivity contribution < 1.29 is 9.53 Å². The van der Waals surface area contributed by atoms with Crippen molar-refractivity contribution in [2.24, 2.45) is 11.7 Å². The number of amides is 1. The van der Waals surface area contributed by atoms with Gasteiger partial charge in [-0.1, -0.05) is 37.1 Å². The highest BCUT2D eigenvalue weighted by atomic mass is 16.6. The lowest BCUT2D eigenvalue weighted by atomic mass is 9.93. The molecule has 0 spiro atoms. The largest absolute Gasteiger partial charge is 0.444 e. The van der Waals surface area contributed by atoms with E-state index < -0.39 is 5.60 Å². The quantitative estimate of drug-likeness (QED) is 0.803. The smallest absolute Gasteiger partial charge is 0.410 e. The number of nitrogens with zero attached hydrogens (tertiary/aromatic N) is 2. The lowest BCUT2D eigenvalue weighted by Crippen LogP contribution is -2.60. The first kappa shape index (κ1) is 19.7. The first-order valence-electron chi connectivity index (χ1n) is 10.7. The van der Waals surface area contributed by atoms with Crippen molar-refractivity contribution in [3.63, 3.8) is 0 Å². The third-order valence-electron chi connectivity index (χ3n) is 6.47. The van der Waals surface area contributed by atoms with E-state index in [1.54, 1.807) is 4.90 Å². The Morgan fingerprint density at radius 2 is 1.86 bits per heavy atom. The summed E-state index contributed by atoms with van der Waals surface area (Å²) in [7, 11) is 1.86. The van der Waals surface area contributed by atoms with Crippen LogP contribution < -0.4 is 5.73 Å². The third-order valence-corrected chi connectivity index (χ3v) is 6.47. The molecule has 154 valence electrons. The summed E-state index contributed by atoms with van der Waals surface area (Å²) < 4.78 is 5.52. The average molecular weight is 386 g/mol. The monoisotopic (exact) mass is 385 g/mol. The molecule has 1 amide bonds. The summed E-state index contributed by atoms with van der Waals surface area (Å²) in [6.07, 6.45) is 5.91. The lowest BCUT2D eigenvalue weighted by molar-refractivity contribution is -0.0178. The molecular weight excluding hydrogens is 350 g/mol. The van der Waals surface area contributed by atoms with Crippen LogP contribution in [0.2, 0.25) is 0 Å². The molecule has 2 N–H and O–H groups in total. The molecule has 1 aromatic rings. The van der Waals surface area contributed by atoms with Crippen LogP contribution in [0.1, 0.15) is 70.0 Å². The maximum absolute atomic E-state index is 12.3. The van der Waals surface area contributed by atoms with Crippen molar-refractivity contribution in [2.75, 3.05) is 20.1 Å². The van der Waals surface area contributed by atoms with Gasteiger partial charge in [0, 0.05) is 31.7 Å². The molecule has 1 heterocycles. The molecule has 2 saturated carbocycles. The molecular formula is C23H35N3O2. The minimum absolute atomic E-state index is 0.0670. The normalized spacial score (nSPS) is 23.0. The zero-order valence-corrected chi connectivity index (χ0v) is 17.8. The zero-order chi connectivity index (χ0) is 20.1. The van der Waals surface area contributed by atoms with E-state index in [1.165, 1.54) is 30.4 Å². The molecule has 5 heteroatoms. The van der Waals surface area contributed by atoms with Gasteiger partial charge in [0.15, 0.2) is 0 Å². The van der Waals surface area contributed by atoms with Gasteiger partial charge in [0.25, 0.3) is 0 Å². The number of rotatable bonds is 6. The van der Waals surface area contributed by atoms with Crippen molar-refractivity contribution in [3.05, 3.63) is 35.4 Å². The topological polar surface area (TPSA) is 58.8 Å². The molecule has 28 heavy (non-hydrogen) atoms. The van der Waals surface area contributed by atoms with E-state index in [9.17, 15) is 4.79 Å². The van der Waals surface area contributed by atoms with Crippen molar-refractivity contribution in [1.82, 2.24) is 9.80 Å². The van der Waals surface area contributed by atoms with E-state index in [0.717, 1.165) is 31.8 Å². The predicted octanol–water partition coefficient (Wildman–Crippen LogP) is 4.03. The summed E-state index contributed by atoms with van der Waals surface area (Å²) in [6.45, 7) is 7.56. The van der Waals surface area contributed by atoms with Gasteiger partial charge in [-0.05, 0) is 57.1 Å². The van der Waals surface area contributed by atoms with E-state index in [2.05, 4.69) is 29.2 Å². The van der Waals surface area contributed by atoms with Gasteiger partial charge in [-0.3, -0.25) is 4.90 Å². The summed E-state index contributed by atoms with van der Waals surface area (Å²) in [4.78, 5) is 16.6. The average Bonchev–Trinajstić information content (AvgIpc) is 3.49. The summed E-state index contributed by atoms with van der Waals surface area (Å²) in [5.74, 6) is 0.858. The van der Waals surface area contributed by atoms with Gasteiger partial charge in [0.1, 0.15) is 5.60 Å². The minimum Gasteiger partial charge on any atom is -0.444 e. The van der Waals surface area contributed by atoms with Crippen molar-refractivity contribution in [1.29, 1.82) is 0 Å². The maximum Gasteiger partial charge on any atom is 0.410 e. The Morgan fingerprint density at radius 1 is 1.25 bits per heavy atom. The van der Waals surface area contributed by atoms with E-state index in [1.807, 2.05) is 27.8 Å². The van der Waals surface area contributed by atoms with Crippen LogP contribution in [0.5, 0.6) is 0 Å². The Bertz CT molecular complexity index is 710. The van der Waals surface area contributed by atoms with Gasteiger partial charge in [0.2, 0.25) is 0 Å². The summed E-state index contributed by atoms with van der Waals surface area (Å²) in [5.41, 5.74) is 8.49. The number of carbonyl (C=O) groups is 1. The fraction of sp³-hybridized carbons (Fsp3) is 0.696. The summed E-state index contributed by atoms with van der Waals surface area (Å²) in [5, 5.41) is 0. The molecule has 0 radical (unpaired) electrons. The summed E-state index contributed by atoms with van der Waals surface area (Å²) in [6, 6.07) is 9.69. The number of benzene rings is 1. The first-order chi connectivity index (χ1) is 13.1. The highest BCUT2D eigenvalue weighted by molar-refractivity contribution is 5.68. The molecule has 3 fully saturated rings.